The Kier molecular flexibility index (Phi) is 2.62. The highest BCUT2D eigenvalue weighted by Crippen LogP contribution is 2.34. The molecule has 14 heavy (non-hydrogen) atoms. The molecule has 2 nitrogen and oxygen atoms in total. The minimum atomic E-state index is -0.357. The summed E-state index contributed by atoms with van der Waals surface area (Å²) < 4.78 is 1.09. The third kappa shape index (κ3) is 1.48. The monoisotopic (exact) mass is 255 g/mol. The maximum absolute atomic E-state index is 9.82. The summed E-state index contributed by atoms with van der Waals surface area (Å²) in [5, 5.41) is 9.82. The predicted molar refractivity (Wildman–Crippen MR) is 59.3 cm³/mol. The van der Waals surface area contributed by atoms with E-state index in [9.17, 15) is 5.11 Å². The van der Waals surface area contributed by atoms with Crippen LogP contribution in [0.4, 0.5) is 0 Å². The Hall–Kier alpha value is -0.410. The van der Waals surface area contributed by atoms with Crippen LogP contribution in [0.15, 0.2) is 4.47 Å². The molecule has 0 aromatic carbocycles. The molecule has 1 N–H and O–H groups in total. The summed E-state index contributed by atoms with van der Waals surface area (Å²) in [5.41, 5.74) is 4.35. The van der Waals surface area contributed by atoms with E-state index in [0.29, 0.717) is 0 Å². The molecule has 0 radical (unpaired) electrons. The molecule has 0 aliphatic heterocycles. The Morgan fingerprint density at radius 1 is 1.43 bits per heavy atom. The van der Waals surface area contributed by atoms with Gasteiger partial charge < -0.3 is 5.11 Å². The normalized spacial score (nSPS) is 20.7. The molecule has 0 saturated heterocycles. The fourth-order valence-electron chi connectivity index (χ4n) is 2.09. The Balaban J connectivity index is 2.63. The lowest BCUT2D eigenvalue weighted by atomic mass is 9.90. The molecule has 3 heteroatoms. The largest absolute Gasteiger partial charge is 0.387 e. The summed E-state index contributed by atoms with van der Waals surface area (Å²) in [6.07, 6.45) is 2.60. The summed E-state index contributed by atoms with van der Waals surface area (Å²) in [7, 11) is 0. The average molecular weight is 256 g/mol. The van der Waals surface area contributed by atoms with Crippen molar-refractivity contribution in [3.8, 4) is 0 Å². The number of fused-ring (bicyclic) bond motifs is 1. The molecule has 0 amide bonds. The minimum absolute atomic E-state index is 0.357. The molecule has 76 valence electrons. The molecule has 1 aliphatic rings. The highest BCUT2D eigenvalue weighted by molar-refractivity contribution is 9.10. The molecule has 1 unspecified atom stereocenters. The van der Waals surface area contributed by atoms with Gasteiger partial charge in [-0.1, -0.05) is 0 Å². The molecule has 1 aromatic rings. The van der Waals surface area contributed by atoms with Gasteiger partial charge in [0.1, 0.15) is 0 Å². The Morgan fingerprint density at radius 3 is 2.86 bits per heavy atom. The van der Waals surface area contributed by atoms with Crippen molar-refractivity contribution in [2.45, 2.75) is 39.2 Å². The van der Waals surface area contributed by atoms with Gasteiger partial charge in [-0.3, -0.25) is 4.98 Å². The van der Waals surface area contributed by atoms with Crippen molar-refractivity contribution in [1.29, 1.82) is 0 Å². The third-order valence-corrected chi connectivity index (χ3v) is 4.09. The second-order valence-electron chi connectivity index (χ2n) is 3.91. The number of aromatic nitrogens is 1. The van der Waals surface area contributed by atoms with Gasteiger partial charge in [0, 0.05) is 4.47 Å². The van der Waals surface area contributed by atoms with Gasteiger partial charge in [0.15, 0.2) is 0 Å². The molecule has 0 bridgehead atoms. The number of aliphatic hydroxyl groups is 1. The van der Waals surface area contributed by atoms with E-state index in [4.69, 9.17) is 0 Å². The van der Waals surface area contributed by atoms with E-state index >= 15 is 0 Å². The number of halogens is 1. The smallest absolute Gasteiger partial charge is 0.0962 e. The first-order chi connectivity index (χ1) is 6.61. The summed E-state index contributed by atoms with van der Waals surface area (Å²) in [4.78, 5) is 4.46. The maximum atomic E-state index is 9.82. The van der Waals surface area contributed by atoms with Gasteiger partial charge >= 0.3 is 0 Å². The van der Waals surface area contributed by atoms with Crippen LogP contribution in [-0.4, -0.2) is 10.1 Å². The highest BCUT2D eigenvalue weighted by atomic mass is 79.9. The van der Waals surface area contributed by atoms with Gasteiger partial charge in [0.25, 0.3) is 0 Å². The van der Waals surface area contributed by atoms with Crippen LogP contribution in [0.25, 0.3) is 0 Å². The summed E-state index contributed by atoms with van der Waals surface area (Å²) in [6.45, 7) is 4.06. The zero-order valence-corrected chi connectivity index (χ0v) is 10.1. The molecule has 1 aromatic heterocycles. The fraction of sp³-hybridized carbons (Fsp3) is 0.545. The molecule has 1 heterocycles. The first-order valence-electron chi connectivity index (χ1n) is 4.94. The molecular weight excluding hydrogens is 242 g/mol. The summed E-state index contributed by atoms with van der Waals surface area (Å²) >= 11 is 3.53. The van der Waals surface area contributed by atoms with Crippen molar-refractivity contribution >= 4 is 15.9 Å². The van der Waals surface area contributed by atoms with E-state index in [2.05, 4.69) is 27.8 Å². The van der Waals surface area contributed by atoms with Crippen LogP contribution in [0.2, 0.25) is 0 Å². The van der Waals surface area contributed by atoms with Gasteiger partial charge in [-0.2, -0.15) is 0 Å². The second kappa shape index (κ2) is 3.63. The number of rotatable bonds is 0. The maximum Gasteiger partial charge on any atom is 0.0962 e. The van der Waals surface area contributed by atoms with Gasteiger partial charge in [-0.25, -0.2) is 0 Å². The van der Waals surface area contributed by atoms with Crippen molar-refractivity contribution in [1.82, 2.24) is 4.98 Å². The van der Waals surface area contributed by atoms with Crippen LogP contribution < -0.4 is 0 Å². The minimum Gasteiger partial charge on any atom is -0.387 e. The van der Waals surface area contributed by atoms with Gasteiger partial charge in [-0.05, 0) is 60.2 Å². The van der Waals surface area contributed by atoms with Crippen molar-refractivity contribution in [3.63, 3.8) is 0 Å². The number of hydrogen-bond acceptors (Lipinski definition) is 2. The van der Waals surface area contributed by atoms with Crippen LogP contribution in [0.1, 0.15) is 41.5 Å². The average Bonchev–Trinajstić information content (AvgIpc) is 2.17. The van der Waals surface area contributed by atoms with E-state index in [-0.39, 0.29) is 6.10 Å². The third-order valence-electron chi connectivity index (χ3n) is 2.92. The predicted octanol–water partition coefficient (Wildman–Crippen LogP) is 2.83. The van der Waals surface area contributed by atoms with Gasteiger partial charge in [0.2, 0.25) is 0 Å². The Bertz CT molecular complexity index is 376. The topological polar surface area (TPSA) is 33.1 Å². The van der Waals surface area contributed by atoms with Gasteiger partial charge in [-0.15, -0.1) is 0 Å². The zero-order valence-electron chi connectivity index (χ0n) is 8.47. The standard InChI is InChI=1S/C11H14BrNO/c1-6-8-4-3-5-9(14)11(8)13-7(2)10(6)12/h9,14H,3-5H2,1-2H3. The number of hydrogen-bond donors (Lipinski definition) is 1. The second-order valence-corrected chi connectivity index (χ2v) is 4.70. The molecule has 2 rings (SSSR count). The lowest BCUT2D eigenvalue weighted by Crippen LogP contribution is -2.14. The van der Waals surface area contributed by atoms with Gasteiger partial charge in [0.05, 0.1) is 17.5 Å². The quantitative estimate of drug-likeness (QED) is 0.774. The molecule has 0 fully saturated rings. The summed E-state index contributed by atoms with van der Waals surface area (Å²) in [5.74, 6) is 0. The molecule has 0 saturated carbocycles. The summed E-state index contributed by atoms with van der Waals surface area (Å²) in [6, 6.07) is 0. The highest BCUT2D eigenvalue weighted by Gasteiger charge is 2.22. The molecule has 0 spiro atoms. The van der Waals surface area contributed by atoms with E-state index in [1.807, 2.05) is 6.92 Å². The number of aliphatic hydroxyl groups excluding tert-OH is 1. The van der Waals surface area contributed by atoms with Crippen LogP contribution in [0, 0.1) is 13.8 Å². The SMILES string of the molecule is Cc1nc2c(c(C)c1Br)CCCC2O. The first kappa shape index (κ1) is 10.1. The van der Waals surface area contributed by atoms with E-state index in [0.717, 1.165) is 35.1 Å². The van der Waals surface area contributed by atoms with Crippen LogP contribution in [0.5, 0.6) is 0 Å². The van der Waals surface area contributed by atoms with E-state index in [1.54, 1.807) is 0 Å². The van der Waals surface area contributed by atoms with Crippen molar-refractivity contribution < 1.29 is 5.11 Å². The fourth-order valence-corrected chi connectivity index (χ4v) is 2.42. The zero-order chi connectivity index (χ0) is 10.3. The number of pyridine rings is 1. The van der Waals surface area contributed by atoms with Crippen molar-refractivity contribution in [2.24, 2.45) is 0 Å². The Labute approximate surface area is 92.5 Å². The molecule has 1 aliphatic carbocycles. The van der Waals surface area contributed by atoms with Crippen molar-refractivity contribution in [2.75, 3.05) is 0 Å². The molecular formula is C11H14BrNO. The van der Waals surface area contributed by atoms with E-state index in [1.165, 1.54) is 11.1 Å². The number of aryl methyl sites for hydroxylation is 1. The van der Waals surface area contributed by atoms with Crippen LogP contribution in [0.3, 0.4) is 0 Å². The molecule has 1 atom stereocenters. The van der Waals surface area contributed by atoms with Crippen molar-refractivity contribution in [3.05, 3.63) is 27.0 Å². The number of nitrogens with zero attached hydrogens (tertiary/aromatic N) is 1. The van der Waals surface area contributed by atoms with Crippen LogP contribution in [-0.2, 0) is 6.42 Å². The lowest BCUT2D eigenvalue weighted by molar-refractivity contribution is 0.151. The lowest BCUT2D eigenvalue weighted by Gasteiger charge is -2.23. The van der Waals surface area contributed by atoms with Crippen LogP contribution >= 0.6 is 15.9 Å². The Morgan fingerprint density at radius 2 is 2.14 bits per heavy atom. The first-order valence-corrected chi connectivity index (χ1v) is 5.74. The van der Waals surface area contributed by atoms with E-state index < -0.39 is 0 Å².